The van der Waals surface area contributed by atoms with Crippen molar-refractivity contribution in [1.82, 2.24) is 9.97 Å². The third-order valence-electron chi connectivity index (χ3n) is 3.60. The molecule has 0 amide bonds. The molecule has 16 heavy (non-hydrogen) atoms. The Labute approximate surface area is 96.3 Å². The second kappa shape index (κ2) is 5.19. The van der Waals surface area contributed by atoms with E-state index in [1.165, 1.54) is 25.6 Å². The van der Waals surface area contributed by atoms with Crippen LogP contribution < -0.4 is 0 Å². The molecule has 1 aromatic heterocycles. The van der Waals surface area contributed by atoms with E-state index in [-0.39, 0.29) is 11.7 Å². The van der Waals surface area contributed by atoms with Crippen LogP contribution in [-0.2, 0) is 0 Å². The maximum Gasteiger partial charge on any atom is 0.184 e. The lowest BCUT2D eigenvalue weighted by atomic mass is 9.75. The minimum absolute atomic E-state index is 0.189. The van der Waals surface area contributed by atoms with Gasteiger partial charge in [-0.15, -0.1) is 0 Å². The zero-order valence-corrected chi connectivity index (χ0v) is 9.72. The van der Waals surface area contributed by atoms with Gasteiger partial charge in [-0.05, 0) is 24.8 Å². The largest absolute Gasteiger partial charge is 0.292 e. The Kier molecular flexibility index (Phi) is 3.65. The van der Waals surface area contributed by atoms with E-state index in [0.29, 0.717) is 11.6 Å². The van der Waals surface area contributed by atoms with Crippen molar-refractivity contribution in [2.75, 3.05) is 0 Å². The van der Waals surface area contributed by atoms with Gasteiger partial charge in [-0.3, -0.25) is 4.79 Å². The van der Waals surface area contributed by atoms with E-state index in [9.17, 15) is 4.79 Å². The van der Waals surface area contributed by atoms with Gasteiger partial charge in [-0.1, -0.05) is 26.2 Å². The van der Waals surface area contributed by atoms with Gasteiger partial charge in [0.2, 0.25) is 0 Å². The number of aromatic nitrogens is 2. The Bertz CT molecular complexity index is 350. The molecular weight excluding hydrogens is 200 g/mol. The molecule has 2 atom stereocenters. The highest BCUT2D eigenvalue weighted by Gasteiger charge is 2.30. The zero-order chi connectivity index (χ0) is 11.4. The van der Waals surface area contributed by atoms with Gasteiger partial charge in [0, 0.05) is 12.1 Å². The second-order valence-corrected chi connectivity index (χ2v) is 4.52. The van der Waals surface area contributed by atoms with Crippen LogP contribution in [0.15, 0.2) is 18.6 Å². The molecule has 1 heterocycles. The number of rotatable bonds is 3. The molecule has 0 N–H and O–H groups in total. The summed E-state index contributed by atoms with van der Waals surface area (Å²) in [6, 6.07) is 1.73. The molecule has 0 bridgehead atoms. The van der Waals surface area contributed by atoms with Crippen molar-refractivity contribution in [2.24, 2.45) is 11.8 Å². The molecule has 1 aliphatic carbocycles. The number of nitrogens with zero attached hydrogens (tertiary/aromatic N) is 2. The average Bonchev–Trinajstić information content (AvgIpc) is 2.39. The predicted octanol–water partition coefficient (Wildman–Crippen LogP) is 2.88. The fraction of sp³-hybridized carbons (Fsp3) is 0.615. The molecule has 3 nitrogen and oxygen atoms in total. The van der Waals surface area contributed by atoms with Crippen LogP contribution in [0.5, 0.6) is 0 Å². The SMILES string of the molecule is CCC1CCCCC1C(=O)c1ccncn1. The van der Waals surface area contributed by atoms with Crippen molar-refractivity contribution in [3.8, 4) is 0 Å². The van der Waals surface area contributed by atoms with Crippen molar-refractivity contribution in [3.63, 3.8) is 0 Å². The number of hydrogen-bond acceptors (Lipinski definition) is 3. The van der Waals surface area contributed by atoms with Crippen LogP contribution in [0.1, 0.15) is 49.5 Å². The molecule has 0 aliphatic heterocycles. The lowest BCUT2D eigenvalue weighted by Crippen LogP contribution is -2.27. The molecule has 86 valence electrons. The summed E-state index contributed by atoms with van der Waals surface area (Å²) in [7, 11) is 0. The molecule has 0 radical (unpaired) electrons. The Morgan fingerprint density at radius 2 is 2.25 bits per heavy atom. The highest BCUT2D eigenvalue weighted by molar-refractivity contribution is 5.96. The monoisotopic (exact) mass is 218 g/mol. The zero-order valence-electron chi connectivity index (χ0n) is 9.72. The van der Waals surface area contributed by atoms with E-state index < -0.39 is 0 Å². The first kappa shape index (κ1) is 11.2. The van der Waals surface area contributed by atoms with Crippen LogP contribution in [0, 0.1) is 11.8 Å². The maximum absolute atomic E-state index is 12.3. The van der Waals surface area contributed by atoms with E-state index in [4.69, 9.17) is 0 Å². The summed E-state index contributed by atoms with van der Waals surface area (Å²) >= 11 is 0. The summed E-state index contributed by atoms with van der Waals surface area (Å²) in [6.45, 7) is 2.18. The predicted molar refractivity (Wildman–Crippen MR) is 62.1 cm³/mol. The topological polar surface area (TPSA) is 42.9 Å². The minimum atomic E-state index is 0.189. The molecule has 0 spiro atoms. The lowest BCUT2D eigenvalue weighted by Gasteiger charge is -2.29. The fourth-order valence-corrected chi connectivity index (χ4v) is 2.67. The molecule has 3 heteroatoms. The molecule has 1 aromatic rings. The van der Waals surface area contributed by atoms with Crippen LogP contribution in [-0.4, -0.2) is 15.8 Å². The summed E-state index contributed by atoms with van der Waals surface area (Å²) < 4.78 is 0. The van der Waals surface area contributed by atoms with Crippen molar-refractivity contribution in [1.29, 1.82) is 0 Å². The van der Waals surface area contributed by atoms with Crippen LogP contribution >= 0.6 is 0 Å². The number of Topliss-reactive ketones (excluding diaryl/α,β-unsaturated/α-hetero) is 1. The Balaban J connectivity index is 2.14. The summed E-state index contributed by atoms with van der Waals surface area (Å²) in [5, 5.41) is 0. The molecule has 1 saturated carbocycles. The highest BCUT2D eigenvalue weighted by atomic mass is 16.1. The van der Waals surface area contributed by atoms with Crippen LogP contribution in [0.3, 0.4) is 0 Å². The van der Waals surface area contributed by atoms with Gasteiger partial charge in [-0.2, -0.15) is 0 Å². The van der Waals surface area contributed by atoms with Gasteiger partial charge in [-0.25, -0.2) is 9.97 Å². The van der Waals surface area contributed by atoms with Gasteiger partial charge in [0.05, 0.1) is 0 Å². The van der Waals surface area contributed by atoms with Gasteiger partial charge in [0.15, 0.2) is 5.78 Å². The summed E-state index contributed by atoms with van der Waals surface area (Å²) in [5.74, 6) is 0.957. The standard InChI is InChI=1S/C13H18N2O/c1-2-10-5-3-4-6-11(10)13(16)12-7-8-14-9-15-12/h7-11H,2-6H2,1H3. The molecule has 2 unspecified atom stereocenters. The molecule has 0 saturated heterocycles. The average molecular weight is 218 g/mol. The summed E-state index contributed by atoms with van der Waals surface area (Å²) in [4.78, 5) is 20.2. The third-order valence-corrected chi connectivity index (χ3v) is 3.60. The first-order chi connectivity index (χ1) is 7.83. The van der Waals surface area contributed by atoms with Gasteiger partial charge < -0.3 is 0 Å². The molecule has 0 aromatic carbocycles. The smallest absolute Gasteiger partial charge is 0.184 e. The Morgan fingerprint density at radius 1 is 1.44 bits per heavy atom. The van der Waals surface area contributed by atoms with Crippen molar-refractivity contribution in [2.45, 2.75) is 39.0 Å². The first-order valence-electron chi connectivity index (χ1n) is 6.13. The second-order valence-electron chi connectivity index (χ2n) is 4.52. The number of carbonyl (C=O) groups excluding carboxylic acids is 1. The lowest BCUT2D eigenvalue weighted by molar-refractivity contribution is 0.0814. The first-order valence-corrected chi connectivity index (χ1v) is 6.13. The Morgan fingerprint density at radius 3 is 2.94 bits per heavy atom. The van der Waals surface area contributed by atoms with E-state index in [1.54, 1.807) is 12.3 Å². The van der Waals surface area contributed by atoms with Crippen LogP contribution in [0.25, 0.3) is 0 Å². The van der Waals surface area contributed by atoms with E-state index in [1.807, 2.05) is 0 Å². The highest BCUT2D eigenvalue weighted by Crippen LogP contribution is 2.33. The van der Waals surface area contributed by atoms with E-state index >= 15 is 0 Å². The van der Waals surface area contributed by atoms with Crippen LogP contribution in [0.2, 0.25) is 0 Å². The van der Waals surface area contributed by atoms with Gasteiger partial charge >= 0.3 is 0 Å². The van der Waals surface area contributed by atoms with Gasteiger partial charge in [0.25, 0.3) is 0 Å². The maximum atomic E-state index is 12.3. The number of hydrogen-bond donors (Lipinski definition) is 0. The molecule has 1 fully saturated rings. The summed E-state index contributed by atoms with van der Waals surface area (Å²) in [6.07, 6.45) is 8.87. The molecular formula is C13H18N2O. The van der Waals surface area contributed by atoms with Crippen molar-refractivity contribution < 1.29 is 4.79 Å². The fourth-order valence-electron chi connectivity index (χ4n) is 2.67. The number of ketones is 1. The van der Waals surface area contributed by atoms with Gasteiger partial charge in [0.1, 0.15) is 12.0 Å². The van der Waals surface area contributed by atoms with Crippen LogP contribution in [0.4, 0.5) is 0 Å². The Hall–Kier alpha value is -1.25. The summed E-state index contributed by atoms with van der Waals surface area (Å²) in [5.41, 5.74) is 0.584. The normalized spacial score (nSPS) is 25.3. The molecule has 1 aliphatic rings. The minimum Gasteiger partial charge on any atom is -0.292 e. The third kappa shape index (κ3) is 2.29. The van der Waals surface area contributed by atoms with E-state index in [2.05, 4.69) is 16.9 Å². The number of carbonyl (C=O) groups is 1. The van der Waals surface area contributed by atoms with Crippen molar-refractivity contribution >= 4 is 5.78 Å². The van der Waals surface area contributed by atoms with E-state index in [0.717, 1.165) is 12.8 Å². The van der Waals surface area contributed by atoms with Crippen molar-refractivity contribution in [3.05, 3.63) is 24.3 Å². The molecule has 2 rings (SSSR count). The quantitative estimate of drug-likeness (QED) is 0.733.